The van der Waals surface area contributed by atoms with Gasteiger partial charge in [0.15, 0.2) is 0 Å². The van der Waals surface area contributed by atoms with Gasteiger partial charge in [-0.15, -0.1) is 0 Å². The zero-order chi connectivity index (χ0) is 14.7. The van der Waals surface area contributed by atoms with Crippen molar-refractivity contribution in [2.45, 2.75) is 32.7 Å². The van der Waals surface area contributed by atoms with Crippen molar-refractivity contribution in [2.24, 2.45) is 7.05 Å². The maximum atomic E-state index is 12.2. The maximum absolute atomic E-state index is 12.2. The number of nitrogens with one attached hydrogen (secondary N) is 1. The van der Waals surface area contributed by atoms with E-state index in [-0.39, 0.29) is 11.9 Å². The molecular formula is C13H20N6O. The standard InChI is InChI=1S/C13H20N6O/c1-9(2)11-5-12(18(4)17-11)13(20)15-6-10(3)19-8-14-7-16-19/h5,7-10H,6H2,1-4H3,(H,15,20)/t10-/m0/s1. The van der Waals surface area contributed by atoms with Crippen LogP contribution in [0.2, 0.25) is 0 Å². The SMILES string of the molecule is CC(C)c1cc(C(=O)NC[C@H](C)n2cncn2)n(C)n1. The Bertz CT molecular complexity index is 572. The Kier molecular flexibility index (Phi) is 4.16. The Labute approximate surface area is 118 Å². The largest absolute Gasteiger partial charge is 0.349 e. The molecule has 7 nitrogen and oxygen atoms in total. The van der Waals surface area contributed by atoms with E-state index in [0.717, 1.165) is 5.69 Å². The molecular weight excluding hydrogens is 256 g/mol. The van der Waals surface area contributed by atoms with Crippen molar-refractivity contribution in [2.75, 3.05) is 6.54 Å². The van der Waals surface area contributed by atoms with Gasteiger partial charge >= 0.3 is 0 Å². The van der Waals surface area contributed by atoms with Gasteiger partial charge < -0.3 is 5.32 Å². The number of nitrogens with zero attached hydrogens (tertiary/aromatic N) is 5. The van der Waals surface area contributed by atoms with Gasteiger partial charge in [0.25, 0.3) is 5.91 Å². The molecule has 2 rings (SSSR count). The van der Waals surface area contributed by atoms with Gasteiger partial charge in [-0.3, -0.25) is 9.48 Å². The van der Waals surface area contributed by atoms with Crippen LogP contribution in [0.5, 0.6) is 0 Å². The minimum atomic E-state index is -0.126. The fourth-order valence-corrected chi connectivity index (χ4v) is 1.85. The number of aryl methyl sites for hydroxylation is 1. The molecule has 1 N–H and O–H groups in total. The molecule has 2 heterocycles. The molecule has 108 valence electrons. The highest BCUT2D eigenvalue weighted by Gasteiger charge is 2.15. The van der Waals surface area contributed by atoms with Crippen molar-refractivity contribution < 1.29 is 4.79 Å². The van der Waals surface area contributed by atoms with Crippen molar-refractivity contribution in [1.29, 1.82) is 0 Å². The quantitative estimate of drug-likeness (QED) is 0.888. The molecule has 0 radical (unpaired) electrons. The minimum absolute atomic E-state index is 0.0549. The topological polar surface area (TPSA) is 77.6 Å². The lowest BCUT2D eigenvalue weighted by Gasteiger charge is -2.12. The van der Waals surface area contributed by atoms with E-state index < -0.39 is 0 Å². The lowest BCUT2D eigenvalue weighted by Crippen LogP contribution is -2.31. The molecule has 0 aliphatic carbocycles. The normalized spacial score (nSPS) is 12.7. The third-order valence-corrected chi connectivity index (χ3v) is 3.17. The lowest BCUT2D eigenvalue weighted by molar-refractivity contribution is 0.0938. The molecule has 2 aromatic heterocycles. The Morgan fingerprint density at radius 3 is 2.70 bits per heavy atom. The maximum Gasteiger partial charge on any atom is 0.269 e. The zero-order valence-electron chi connectivity index (χ0n) is 12.2. The highest BCUT2D eigenvalue weighted by Crippen LogP contribution is 2.13. The van der Waals surface area contributed by atoms with E-state index in [2.05, 4.69) is 34.3 Å². The van der Waals surface area contributed by atoms with Gasteiger partial charge in [-0.2, -0.15) is 10.2 Å². The highest BCUT2D eigenvalue weighted by molar-refractivity contribution is 5.92. The second-order valence-corrected chi connectivity index (χ2v) is 5.17. The van der Waals surface area contributed by atoms with Crippen molar-refractivity contribution in [3.8, 4) is 0 Å². The number of hydrogen-bond acceptors (Lipinski definition) is 4. The van der Waals surface area contributed by atoms with E-state index in [4.69, 9.17) is 0 Å². The molecule has 0 bridgehead atoms. The first kappa shape index (κ1) is 14.2. The Morgan fingerprint density at radius 1 is 1.40 bits per heavy atom. The summed E-state index contributed by atoms with van der Waals surface area (Å²) in [5.74, 6) is 0.177. The van der Waals surface area contributed by atoms with E-state index >= 15 is 0 Å². The second kappa shape index (κ2) is 5.85. The Hall–Kier alpha value is -2.18. The zero-order valence-corrected chi connectivity index (χ0v) is 12.2. The smallest absolute Gasteiger partial charge is 0.269 e. The van der Waals surface area contributed by atoms with Gasteiger partial charge in [0.1, 0.15) is 18.3 Å². The summed E-state index contributed by atoms with van der Waals surface area (Å²) < 4.78 is 3.33. The summed E-state index contributed by atoms with van der Waals surface area (Å²) in [7, 11) is 1.78. The molecule has 0 saturated carbocycles. The molecule has 0 aliphatic heterocycles. The van der Waals surface area contributed by atoms with E-state index in [9.17, 15) is 4.79 Å². The number of aromatic nitrogens is 5. The molecule has 0 spiro atoms. The summed E-state index contributed by atoms with van der Waals surface area (Å²) in [6, 6.07) is 1.89. The van der Waals surface area contributed by atoms with Crippen LogP contribution in [-0.4, -0.2) is 37.0 Å². The van der Waals surface area contributed by atoms with Crippen LogP contribution in [0.1, 0.15) is 48.9 Å². The lowest BCUT2D eigenvalue weighted by atomic mass is 10.1. The van der Waals surface area contributed by atoms with Crippen molar-refractivity contribution in [3.05, 3.63) is 30.1 Å². The van der Waals surface area contributed by atoms with Crippen molar-refractivity contribution in [1.82, 2.24) is 29.9 Å². The van der Waals surface area contributed by atoms with Crippen LogP contribution in [0.25, 0.3) is 0 Å². The van der Waals surface area contributed by atoms with Gasteiger partial charge in [0, 0.05) is 13.6 Å². The fraction of sp³-hybridized carbons (Fsp3) is 0.538. The first-order chi connectivity index (χ1) is 9.49. The predicted octanol–water partition coefficient (Wildman–Crippen LogP) is 1.13. The van der Waals surface area contributed by atoms with E-state index in [1.54, 1.807) is 22.7 Å². The average molecular weight is 276 g/mol. The summed E-state index contributed by atoms with van der Waals surface area (Å²) in [6.07, 6.45) is 3.12. The van der Waals surface area contributed by atoms with Crippen LogP contribution in [-0.2, 0) is 7.05 Å². The highest BCUT2D eigenvalue weighted by atomic mass is 16.2. The average Bonchev–Trinajstić information content (AvgIpc) is 3.04. The van der Waals surface area contributed by atoms with Crippen LogP contribution in [0.15, 0.2) is 18.7 Å². The van der Waals surface area contributed by atoms with Crippen LogP contribution < -0.4 is 5.32 Å². The minimum Gasteiger partial charge on any atom is -0.349 e. The number of rotatable bonds is 5. The third kappa shape index (κ3) is 3.04. The van der Waals surface area contributed by atoms with Crippen LogP contribution in [0.3, 0.4) is 0 Å². The fourth-order valence-electron chi connectivity index (χ4n) is 1.85. The molecule has 0 unspecified atom stereocenters. The Morgan fingerprint density at radius 2 is 2.15 bits per heavy atom. The van der Waals surface area contributed by atoms with Gasteiger partial charge in [-0.25, -0.2) is 9.67 Å². The Balaban J connectivity index is 1.98. The predicted molar refractivity (Wildman–Crippen MR) is 74.4 cm³/mol. The number of carbonyl (C=O) groups excluding carboxylic acids is 1. The van der Waals surface area contributed by atoms with Crippen molar-refractivity contribution in [3.63, 3.8) is 0 Å². The summed E-state index contributed by atoms with van der Waals surface area (Å²) in [4.78, 5) is 16.0. The number of carbonyl (C=O) groups is 1. The molecule has 0 aromatic carbocycles. The van der Waals surface area contributed by atoms with Crippen LogP contribution >= 0.6 is 0 Å². The van der Waals surface area contributed by atoms with Gasteiger partial charge in [-0.05, 0) is 18.9 Å². The summed E-state index contributed by atoms with van der Waals surface area (Å²) in [5.41, 5.74) is 1.49. The molecule has 2 aromatic rings. The molecule has 0 aliphatic rings. The van der Waals surface area contributed by atoms with Crippen LogP contribution in [0, 0.1) is 0 Å². The molecule has 7 heteroatoms. The van der Waals surface area contributed by atoms with E-state index in [1.165, 1.54) is 6.33 Å². The summed E-state index contributed by atoms with van der Waals surface area (Å²) in [5, 5.41) is 11.3. The second-order valence-electron chi connectivity index (χ2n) is 5.17. The van der Waals surface area contributed by atoms with Crippen LogP contribution in [0.4, 0.5) is 0 Å². The molecule has 0 saturated heterocycles. The summed E-state index contributed by atoms with van der Waals surface area (Å²) in [6.45, 7) is 6.57. The monoisotopic (exact) mass is 276 g/mol. The number of hydrogen-bond donors (Lipinski definition) is 1. The van der Waals surface area contributed by atoms with Gasteiger partial charge in [0.05, 0.1) is 11.7 Å². The van der Waals surface area contributed by atoms with Gasteiger partial charge in [0.2, 0.25) is 0 Å². The number of amides is 1. The first-order valence-corrected chi connectivity index (χ1v) is 6.65. The summed E-state index contributed by atoms with van der Waals surface area (Å²) >= 11 is 0. The molecule has 1 amide bonds. The van der Waals surface area contributed by atoms with E-state index in [1.807, 2.05) is 13.0 Å². The third-order valence-electron chi connectivity index (χ3n) is 3.17. The molecule has 20 heavy (non-hydrogen) atoms. The van der Waals surface area contributed by atoms with E-state index in [0.29, 0.717) is 18.2 Å². The van der Waals surface area contributed by atoms with Crippen molar-refractivity contribution >= 4 is 5.91 Å². The molecule has 0 fully saturated rings. The molecule has 1 atom stereocenters. The first-order valence-electron chi connectivity index (χ1n) is 6.65. The van der Waals surface area contributed by atoms with Gasteiger partial charge in [-0.1, -0.05) is 13.8 Å².